The summed E-state index contributed by atoms with van der Waals surface area (Å²) in [4.78, 5) is 13.8. The third-order valence-corrected chi connectivity index (χ3v) is 6.99. The van der Waals surface area contributed by atoms with Crippen LogP contribution in [0.25, 0.3) is 10.4 Å². The van der Waals surface area contributed by atoms with Crippen LogP contribution in [0.4, 0.5) is 0 Å². The zero-order valence-corrected chi connectivity index (χ0v) is 19.9. The number of likely N-dealkylation sites (tertiary alicyclic amines) is 1. The maximum absolute atomic E-state index is 11.1. The first kappa shape index (κ1) is 23.2. The molecule has 31 heavy (non-hydrogen) atoms. The van der Waals surface area contributed by atoms with Crippen molar-refractivity contribution in [2.75, 3.05) is 13.1 Å². The minimum absolute atomic E-state index is 0.0808. The van der Waals surface area contributed by atoms with Gasteiger partial charge in [0.05, 0.1) is 22.1 Å². The molecule has 0 unspecified atom stereocenters. The molecular weight excluding hydrogens is 430 g/mol. The van der Waals surface area contributed by atoms with Gasteiger partial charge < -0.3 is 15.1 Å². The molecule has 1 saturated heterocycles. The van der Waals surface area contributed by atoms with Gasteiger partial charge >= 0.3 is 5.97 Å². The van der Waals surface area contributed by atoms with Crippen LogP contribution in [0.15, 0.2) is 34.7 Å². The van der Waals surface area contributed by atoms with Crippen molar-refractivity contribution in [3.8, 4) is 16.2 Å². The Labute approximate surface area is 192 Å². The Hall–Kier alpha value is -2.45. The van der Waals surface area contributed by atoms with Crippen LogP contribution in [0.3, 0.4) is 0 Å². The lowest BCUT2D eigenvalue weighted by molar-refractivity contribution is -0.143. The molecule has 2 heterocycles. The van der Waals surface area contributed by atoms with E-state index in [-0.39, 0.29) is 17.1 Å². The highest BCUT2D eigenvalue weighted by atomic mass is 32.1. The first-order chi connectivity index (χ1) is 14.6. The van der Waals surface area contributed by atoms with Crippen molar-refractivity contribution in [1.82, 2.24) is 10.3 Å². The van der Waals surface area contributed by atoms with Gasteiger partial charge in [0.15, 0.2) is 5.11 Å². The molecule has 0 amide bonds. The summed E-state index contributed by atoms with van der Waals surface area (Å²) in [5.41, 5.74) is 6.48. The molecule has 8 heteroatoms. The molecule has 1 aliphatic heterocycles. The molecule has 0 aliphatic carbocycles. The maximum atomic E-state index is 11.1. The van der Waals surface area contributed by atoms with Crippen molar-refractivity contribution in [1.29, 1.82) is 0 Å². The summed E-state index contributed by atoms with van der Waals surface area (Å²) in [5.74, 6) is -0.836. The van der Waals surface area contributed by atoms with Crippen LogP contribution in [0.1, 0.15) is 51.7 Å². The number of hydrogen-bond acceptors (Lipinski definition) is 5. The molecule has 1 aliphatic rings. The summed E-state index contributed by atoms with van der Waals surface area (Å²) in [5, 5.41) is 26.6. The number of aliphatic carboxylic acids is 1. The van der Waals surface area contributed by atoms with Crippen LogP contribution in [-0.4, -0.2) is 45.0 Å². The molecule has 0 bridgehead atoms. The van der Waals surface area contributed by atoms with Crippen molar-refractivity contribution < 1.29 is 15.0 Å². The number of nitrogens with zero attached hydrogens (tertiary/aromatic N) is 2. The molecule has 0 atom stereocenters. The number of benzene rings is 1. The minimum Gasteiger partial charge on any atom is -0.506 e. The summed E-state index contributed by atoms with van der Waals surface area (Å²) in [6.45, 7) is 9.53. The van der Waals surface area contributed by atoms with Gasteiger partial charge in [-0.15, -0.1) is 11.3 Å². The van der Waals surface area contributed by atoms with E-state index in [4.69, 9.17) is 17.3 Å². The molecule has 6 nitrogen and oxygen atoms in total. The van der Waals surface area contributed by atoms with Gasteiger partial charge in [0, 0.05) is 18.5 Å². The quantitative estimate of drug-likeness (QED) is 0.346. The number of piperidine rings is 1. The van der Waals surface area contributed by atoms with Crippen molar-refractivity contribution >= 4 is 40.3 Å². The molecular formula is C23H29N3O3S2. The molecule has 0 saturated carbocycles. The molecule has 1 fully saturated rings. The number of carbonyl (C=O) groups is 1. The van der Waals surface area contributed by atoms with Gasteiger partial charge in [-0.2, -0.15) is 5.10 Å². The van der Waals surface area contributed by atoms with Gasteiger partial charge in [0.2, 0.25) is 0 Å². The van der Waals surface area contributed by atoms with E-state index in [0.717, 1.165) is 10.4 Å². The number of thiophene rings is 1. The number of hydrazone groups is 1. The lowest BCUT2D eigenvalue weighted by Gasteiger charge is -2.31. The number of aromatic hydroxyl groups is 1. The van der Waals surface area contributed by atoms with E-state index in [9.17, 15) is 9.90 Å². The first-order valence-corrected chi connectivity index (χ1v) is 11.6. The second kappa shape index (κ2) is 9.36. The zero-order valence-electron chi connectivity index (χ0n) is 18.3. The molecule has 166 valence electrons. The Morgan fingerprint density at radius 2 is 1.84 bits per heavy atom. The van der Waals surface area contributed by atoms with Gasteiger partial charge in [-0.05, 0) is 48.5 Å². The topological polar surface area (TPSA) is 85.2 Å². The first-order valence-electron chi connectivity index (χ1n) is 10.3. The largest absolute Gasteiger partial charge is 0.506 e. The Balaban J connectivity index is 1.67. The fourth-order valence-corrected chi connectivity index (χ4v) is 4.77. The van der Waals surface area contributed by atoms with E-state index in [1.54, 1.807) is 0 Å². The van der Waals surface area contributed by atoms with Crippen LogP contribution >= 0.6 is 23.6 Å². The van der Waals surface area contributed by atoms with E-state index in [0.29, 0.717) is 42.3 Å². The Kier molecular flexibility index (Phi) is 7.01. The van der Waals surface area contributed by atoms with E-state index in [1.165, 1.54) is 16.9 Å². The van der Waals surface area contributed by atoms with E-state index < -0.39 is 5.97 Å². The maximum Gasteiger partial charge on any atom is 0.306 e. The Morgan fingerprint density at radius 1 is 1.23 bits per heavy atom. The van der Waals surface area contributed by atoms with Crippen molar-refractivity contribution in [2.45, 2.75) is 46.0 Å². The minimum atomic E-state index is -0.746. The molecule has 1 aromatic carbocycles. The molecule has 0 radical (unpaired) electrons. The van der Waals surface area contributed by atoms with E-state index >= 15 is 0 Å². The van der Waals surface area contributed by atoms with Crippen LogP contribution < -0.4 is 5.43 Å². The highest BCUT2D eigenvalue weighted by Gasteiger charge is 2.25. The van der Waals surface area contributed by atoms with Crippen molar-refractivity contribution in [2.24, 2.45) is 11.0 Å². The number of nitrogens with one attached hydrogen (secondary N) is 1. The Bertz CT molecular complexity index is 982. The average Bonchev–Trinajstić information content (AvgIpc) is 3.12. The lowest BCUT2D eigenvalue weighted by Crippen LogP contribution is -2.44. The van der Waals surface area contributed by atoms with E-state index in [1.807, 2.05) is 29.3 Å². The smallest absolute Gasteiger partial charge is 0.306 e. The summed E-state index contributed by atoms with van der Waals surface area (Å²) in [6.07, 6.45) is 1.14. The SMILES string of the molecule is CC(=NNC(=S)N1CCC(C(=O)O)CC1)c1csc(-c2ccc(C(C)(C)C)cc2)c1O. The molecule has 3 N–H and O–H groups in total. The normalized spacial score (nSPS) is 15.7. The fourth-order valence-electron chi connectivity index (χ4n) is 3.53. The average molecular weight is 460 g/mol. The molecule has 2 aromatic rings. The van der Waals surface area contributed by atoms with Crippen molar-refractivity contribution in [3.05, 3.63) is 40.8 Å². The molecule has 0 spiro atoms. The highest BCUT2D eigenvalue weighted by Crippen LogP contribution is 2.39. The number of carboxylic acids is 1. The second-order valence-electron chi connectivity index (χ2n) is 8.87. The van der Waals surface area contributed by atoms with E-state index in [2.05, 4.69) is 43.4 Å². The van der Waals surface area contributed by atoms with Crippen LogP contribution in [0, 0.1) is 5.92 Å². The molecule has 1 aromatic heterocycles. The fraction of sp³-hybridized carbons (Fsp3) is 0.435. The predicted molar refractivity (Wildman–Crippen MR) is 130 cm³/mol. The number of thiocarbonyl (C=S) groups is 1. The number of rotatable bonds is 4. The summed E-state index contributed by atoms with van der Waals surface area (Å²) < 4.78 is 0. The number of hydrogen-bond donors (Lipinski definition) is 3. The third-order valence-electron chi connectivity index (χ3n) is 5.62. The van der Waals surface area contributed by atoms with Gasteiger partial charge in [0.1, 0.15) is 5.75 Å². The van der Waals surface area contributed by atoms with Crippen molar-refractivity contribution in [3.63, 3.8) is 0 Å². The second-order valence-corrected chi connectivity index (χ2v) is 10.1. The summed E-state index contributed by atoms with van der Waals surface area (Å²) >= 11 is 6.88. The van der Waals surface area contributed by atoms with Crippen LogP contribution in [0.2, 0.25) is 0 Å². The number of carboxylic acid groups (broad SMARTS) is 1. The summed E-state index contributed by atoms with van der Waals surface area (Å²) in [6, 6.07) is 8.28. The third kappa shape index (κ3) is 5.43. The van der Waals surface area contributed by atoms with Crippen LogP contribution in [0.5, 0.6) is 5.75 Å². The van der Waals surface area contributed by atoms with Crippen LogP contribution in [-0.2, 0) is 10.2 Å². The van der Waals surface area contributed by atoms with Gasteiger partial charge in [0.25, 0.3) is 0 Å². The highest BCUT2D eigenvalue weighted by molar-refractivity contribution is 7.80. The van der Waals surface area contributed by atoms with Gasteiger partial charge in [-0.3, -0.25) is 10.2 Å². The predicted octanol–water partition coefficient (Wildman–Crippen LogP) is 4.81. The Morgan fingerprint density at radius 3 is 2.39 bits per heavy atom. The lowest BCUT2D eigenvalue weighted by atomic mass is 9.86. The van der Waals surface area contributed by atoms with Gasteiger partial charge in [-0.1, -0.05) is 45.0 Å². The monoisotopic (exact) mass is 459 g/mol. The molecule has 3 rings (SSSR count). The zero-order chi connectivity index (χ0) is 22.8. The standard InChI is InChI=1S/C23H29N3O3S2/c1-14(24-25-22(30)26-11-9-16(10-12-26)21(28)29)18-13-31-20(19(18)27)15-5-7-17(8-6-15)23(2,3)4/h5-8,13,16,27H,9-12H2,1-4H3,(H,25,30)(H,28,29). The van der Waals surface area contributed by atoms with Gasteiger partial charge in [-0.25, -0.2) is 0 Å². The summed E-state index contributed by atoms with van der Waals surface area (Å²) in [7, 11) is 0.